The summed E-state index contributed by atoms with van der Waals surface area (Å²) in [6, 6.07) is 8.02. The van der Waals surface area contributed by atoms with Crippen molar-refractivity contribution in [1.82, 2.24) is 4.98 Å². The van der Waals surface area contributed by atoms with Crippen molar-refractivity contribution in [2.24, 2.45) is 0 Å². The van der Waals surface area contributed by atoms with E-state index in [-0.39, 0.29) is 16.3 Å². The maximum atomic E-state index is 12.5. The van der Waals surface area contributed by atoms with E-state index in [2.05, 4.69) is 29.4 Å². The molecular weight excluding hydrogens is 386 g/mol. The third kappa shape index (κ3) is 3.99. The summed E-state index contributed by atoms with van der Waals surface area (Å²) < 4.78 is 0. The van der Waals surface area contributed by atoms with Gasteiger partial charge in [-0.2, -0.15) is 0 Å². The molecule has 0 bridgehead atoms. The second kappa shape index (κ2) is 7.46. The van der Waals surface area contributed by atoms with Crippen LogP contribution in [0.3, 0.4) is 0 Å². The lowest BCUT2D eigenvalue weighted by atomic mass is 9.99. The summed E-state index contributed by atoms with van der Waals surface area (Å²) in [5.74, 6) is -0.623. The molecule has 0 aliphatic carbocycles. The van der Waals surface area contributed by atoms with Gasteiger partial charge in [0.2, 0.25) is 0 Å². The fourth-order valence-electron chi connectivity index (χ4n) is 2.71. The maximum absolute atomic E-state index is 12.5. The number of thiazole rings is 1. The van der Waals surface area contributed by atoms with Crippen molar-refractivity contribution in [3.63, 3.8) is 0 Å². The number of nitrogens with zero attached hydrogens (tertiary/aromatic N) is 2. The predicted octanol–water partition coefficient (Wildman–Crippen LogP) is 5.55. The molecule has 1 aromatic heterocycles. The minimum Gasteiger partial charge on any atom is -0.298 e. The van der Waals surface area contributed by atoms with Gasteiger partial charge in [0.25, 0.3) is 11.6 Å². The molecule has 1 heterocycles. The highest BCUT2D eigenvalue weighted by atomic mass is 35.5. The van der Waals surface area contributed by atoms with Gasteiger partial charge in [-0.25, -0.2) is 4.98 Å². The third-order valence-corrected chi connectivity index (χ3v) is 5.23. The molecule has 3 rings (SSSR count). The van der Waals surface area contributed by atoms with Crippen LogP contribution in [-0.2, 0) is 0 Å². The number of amides is 1. The Morgan fingerprint density at radius 1 is 1.15 bits per heavy atom. The standard InChI is InChI=1S/C19H16ClN3O3S/c1-10-6-12(3)14(7-11(10)2)16-9-27-19(21-16)22-18(24)15-8-13(20)4-5-17(15)23(25)26/h4-9H,1-3H3,(H,21,22,24). The second-order valence-corrected chi connectivity index (χ2v) is 7.46. The fraction of sp³-hybridized carbons (Fsp3) is 0.158. The van der Waals surface area contributed by atoms with Crippen LogP contribution >= 0.6 is 22.9 Å². The van der Waals surface area contributed by atoms with Crippen molar-refractivity contribution in [3.8, 4) is 11.3 Å². The zero-order chi connectivity index (χ0) is 19.7. The van der Waals surface area contributed by atoms with E-state index in [1.165, 1.54) is 35.1 Å². The van der Waals surface area contributed by atoms with E-state index >= 15 is 0 Å². The molecular formula is C19H16ClN3O3S. The number of carbonyl (C=O) groups excluding carboxylic acids is 1. The molecule has 0 unspecified atom stereocenters. The summed E-state index contributed by atoms with van der Waals surface area (Å²) in [7, 11) is 0. The molecule has 0 fully saturated rings. The molecule has 0 saturated carbocycles. The molecule has 0 radical (unpaired) electrons. The number of halogens is 1. The Hall–Kier alpha value is -2.77. The first-order valence-corrected chi connectivity index (χ1v) is 9.31. The smallest absolute Gasteiger partial charge is 0.282 e. The Morgan fingerprint density at radius 2 is 1.85 bits per heavy atom. The zero-order valence-electron chi connectivity index (χ0n) is 14.9. The van der Waals surface area contributed by atoms with Gasteiger partial charge in [-0.3, -0.25) is 20.2 Å². The number of nitro groups is 1. The topological polar surface area (TPSA) is 85.1 Å². The van der Waals surface area contributed by atoms with E-state index in [9.17, 15) is 14.9 Å². The second-order valence-electron chi connectivity index (χ2n) is 6.16. The molecule has 6 nitrogen and oxygen atoms in total. The van der Waals surface area contributed by atoms with Crippen LogP contribution < -0.4 is 5.32 Å². The Labute approximate surface area is 165 Å². The van der Waals surface area contributed by atoms with Gasteiger partial charge < -0.3 is 0 Å². The van der Waals surface area contributed by atoms with Crippen molar-refractivity contribution in [3.05, 3.63) is 73.1 Å². The number of nitrogens with one attached hydrogen (secondary N) is 1. The third-order valence-electron chi connectivity index (χ3n) is 4.24. The van der Waals surface area contributed by atoms with Crippen LogP contribution in [-0.4, -0.2) is 15.8 Å². The summed E-state index contributed by atoms with van der Waals surface area (Å²) in [6.07, 6.45) is 0. The molecule has 1 amide bonds. The Kier molecular flexibility index (Phi) is 5.25. The number of hydrogen-bond donors (Lipinski definition) is 1. The van der Waals surface area contributed by atoms with Gasteiger partial charge in [-0.15, -0.1) is 11.3 Å². The highest BCUT2D eigenvalue weighted by Gasteiger charge is 2.21. The predicted molar refractivity (Wildman–Crippen MR) is 108 cm³/mol. The molecule has 8 heteroatoms. The normalized spacial score (nSPS) is 10.7. The van der Waals surface area contributed by atoms with Crippen molar-refractivity contribution in [1.29, 1.82) is 0 Å². The summed E-state index contributed by atoms with van der Waals surface area (Å²) in [4.78, 5) is 27.5. The first-order valence-electron chi connectivity index (χ1n) is 8.05. The molecule has 3 aromatic rings. The van der Waals surface area contributed by atoms with Gasteiger partial charge in [0.1, 0.15) is 5.56 Å². The number of rotatable bonds is 4. The summed E-state index contributed by atoms with van der Waals surface area (Å²) in [5.41, 5.74) is 4.77. The van der Waals surface area contributed by atoms with Gasteiger partial charge in [-0.1, -0.05) is 17.7 Å². The van der Waals surface area contributed by atoms with Gasteiger partial charge in [-0.05, 0) is 55.7 Å². The van der Waals surface area contributed by atoms with Crippen LogP contribution in [0.1, 0.15) is 27.0 Å². The number of carbonyl (C=O) groups is 1. The number of nitro benzene ring substituents is 1. The quantitative estimate of drug-likeness (QED) is 0.458. The summed E-state index contributed by atoms with van der Waals surface area (Å²) in [5, 5.41) is 16.2. The Morgan fingerprint density at radius 3 is 2.56 bits per heavy atom. The number of benzene rings is 2. The van der Waals surface area contributed by atoms with E-state index in [0.29, 0.717) is 5.13 Å². The largest absolute Gasteiger partial charge is 0.298 e. The number of anilines is 1. The van der Waals surface area contributed by atoms with Crippen molar-refractivity contribution in [2.75, 3.05) is 5.32 Å². The van der Waals surface area contributed by atoms with Gasteiger partial charge >= 0.3 is 0 Å². The van der Waals surface area contributed by atoms with E-state index in [1.54, 1.807) is 0 Å². The minimum absolute atomic E-state index is 0.105. The highest BCUT2D eigenvalue weighted by Crippen LogP contribution is 2.30. The van der Waals surface area contributed by atoms with Gasteiger partial charge in [0.15, 0.2) is 5.13 Å². The Bertz CT molecular complexity index is 1060. The number of aromatic nitrogens is 1. The minimum atomic E-state index is -0.623. The van der Waals surface area contributed by atoms with Crippen molar-refractivity contribution < 1.29 is 9.72 Å². The molecule has 0 atom stereocenters. The highest BCUT2D eigenvalue weighted by molar-refractivity contribution is 7.14. The van der Waals surface area contributed by atoms with Crippen LogP contribution in [0.2, 0.25) is 5.02 Å². The van der Waals surface area contributed by atoms with Crippen molar-refractivity contribution >= 4 is 39.7 Å². The lowest BCUT2D eigenvalue weighted by Crippen LogP contribution is -2.13. The van der Waals surface area contributed by atoms with E-state index in [4.69, 9.17) is 11.6 Å². The Balaban J connectivity index is 1.89. The lowest BCUT2D eigenvalue weighted by molar-refractivity contribution is -0.385. The molecule has 0 aliphatic rings. The SMILES string of the molecule is Cc1cc(C)c(-c2csc(NC(=O)c3cc(Cl)ccc3[N+](=O)[O-])n2)cc1C. The van der Waals surface area contributed by atoms with Crippen LogP contribution in [0.4, 0.5) is 10.8 Å². The molecule has 0 spiro atoms. The van der Waals surface area contributed by atoms with Crippen LogP contribution in [0, 0.1) is 30.9 Å². The van der Waals surface area contributed by atoms with E-state index in [0.717, 1.165) is 22.4 Å². The first kappa shape index (κ1) is 19.0. The lowest BCUT2D eigenvalue weighted by Gasteiger charge is -2.07. The van der Waals surface area contributed by atoms with Gasteiger partial charge in [0.05, 0.1) is 10.6 Å². The summed E-state index contributed by atoms with van der Waals surface area (Å²) >= 11 is 7.14. The monoisotopic (exact) mass is 401 g/mol. The number of hydrogen-bond acceptors (Lipinski definition) is 5. The zero-order valence-corrected chi connectivity index (χ0v) is 16.4. The van der Waals surface area contributed by atoms with E-state index < -0.39 is 10.8 Å². The molecule has 1 N–H and O–H groups in total. The van der Waals surface area contributed by atoms with E-state index in [1.807, 2.05) is 19.2 Å². The molecule has 0 aliphatic heterocycles. The van der Waals surface area contributed by atoms with Gasteiger partial charge in [0, 0.05) is 22.0 Å². The molecule has 138 valence electrons. The van der Waals surface area contributed by atoms with Crippen LogP contribution in [0.25, 0.3) is 11.3 Å². The maximum Gasteiger partial charge on any atom is 0.282 e. The van der Waals surface area contributed by atoms with Crippen LogP contribution in [0.15, 0.2) is 35.7 Å². The van der Waals surface area contributed by atoms with Crippen LogP contribution in [0.5, 0.6) is 0 Å². The fourth-order valence-corrected chi connectivity index (χ4v) is 3.58. The summed E-state index contributed by atoms with van der Waals surface area (Å²) in [6.45, 7) is 6.09. The average Bonchev–Trinajstić information content (AvgIpc) is 3.05. The average molecular weight is 402 g/mol. The molecule has 2 aromatic carbocycles. The first-order chi connectivity index (χ1) is 12.8. The van der Waals surface area contributed by atoms with Crippen molar-refractivity contribution in [2.45, 2.75) is 20.8 Å². The number of aryl methyl sites for hydroxylation is 3. The molecule has 27 heavy (non-hydrogen) atoms. The molecule has 0 saturated heterocycles.